The fraction of sp³-hybridized carbons (Fsp3) is 0.273. The molecular weight excluding hydrogens is 178 g/mol. The highest BCUT2D eigenvalue weighted by molar-refractivity contribution is 5.65. The Morgan fingerprint density at radius 3 is 2.57 bits per heavy atom. The van der Waals surface area contributed by atoms with E-state index in [2.05, 4.69) is 4.85 Å². The van der Waals surface area contributed by atoms with Gasteiger partial charge in [-0.2, -0.15) is 0 Å². The molecule has 0 aromatic heterocycles. The first-order valence-electron chi connectivity index (χ1n) is 4.32. The van der Waals surface area contributed by atoms with Gasteiger partial charge < -0.3 is 4.74 Å². The monoisotopic (exact) mass is 189 g/mol. The SMILES string of the molecule is [C-]#[N+]c1ccc(CCOC(C)=O)cc1. The van der Waals surface area contributed by atoms with Gasteiger partial charge in [-0.15, -0.1) is 0 Å². The molecule has 0 heterocycles. The van der Waals surface area contributed by atoms with E-state index in [4.69, 9.17) is 11.3 Å². The molecule has 0 N–H and O–H groups in total. The van der Waals surface area contributed by atoms with Crippen molar-refractivity contribution in [3.63, 3.8) is 0 Å². The predicted molar refractivity (Wildman–Crippen MR) is 53.0 cm³/mol. The Labute approximate surface area is 83.1 Å². The number of benzene rings is 1. The quantitative estimate of drug-likeness (QED) is 0.539. The molecule has 3 nitrogen and oxygen atoms in total. The van der Waals surface area contributed by atoms with Crippen molar-refractivity contribution in [3.8, 4) is 0 Å². The average molecular weight is 189 g/mol. The summed E-state index contributed by atoms with van der Waals surface area (Å²) in [5.41, 5.74) is 1.69. The first-order chi connectivity index (χ1) is 6.72. The molecule has 0 unspecified atom stereocenters. The number of rotatable bonds is 3. The van der Waals surface area contributed by atoms with Gasteiger partial charge in [0.05, 0.1) is 13.2 Å². The molecule has 3 heteroatoms. The molecule has 72 valence electrons. The maximum atomic E-state index is 10.5. The zero-order chi connectivity index (χ0) is 10.4. The highest BCUT2D eigenvalue weighted by Gasteiger charge is 1.96. The van der Waals surface area contributed by atoms with Crippen molar-refractivity contribution in [3.05, 3.63) is 41.2 Å². The van der Waals surface area contributed by atoms with Crippen molar-refractivity contribution in [1.82, 2.24) is 0 Å². The molecule has 0 bridgehead atoms. The summed E-state index contributed by atoms with van der Waals surface area (Å²) in [5.74, 6) is -0.261. The fourth-order valence-electron chi connectivity index (χ4n) is 1.05. The van der Waals surface area contributed by atoms with Gasteiger partial charge in [-0.05, 0) is 5.56 Å². The Kier molecular flexibility index (Phi) is 3.69. The lowest BCUT2D eigenvalue weighted by molar-refractivity contribution is -0.140. The van der Waals surface area contributed by atoms with Crippen molar-refractivity contribution >= 4 is 11.7 Å². The van der Waals surface area contributed by atoms with Crippen LogP contribution in [0.5, 0.6) is 0 Å². The molecule has 0 aliphatic heterocycles. The summed E-state index contributed by atoms with van der Waals surface area (Å²) in [6.45, 7) is 8.55. The Hall–Kier alpha value is -1.82. The summed E-state index contributed by atoms with van der Waals surface area (Å²) in [7, 11) is 0. The topological polar surface area (TPSA) is 30.7 Å². The van der Waals surface area contributed by atoms with Crippen LogP contribution in [-0.2, 0) is 16.0 Å². The van der Waals surface area contributed by atoms with Gasteiger partial charge in [-0.3, -0.25) is 4.79 Å². The minimum Gasteiger partial charge on any atom is -0.466 e. The van der Waals surface area contributed by atoms with E-state index in [0.717, 1.165) is 5.56 Å². The summed E-state index contributed by atoms with van der Waals surface area (Å²) in [6, 6.07) is 7.26. The number of ether oxygens (including phenoxy) is 1. The molecule has 0 amide bonds. The lowest BCUT2D eigenvalue weighted by Crippen LogP contribution is -2.02. The second-order valence-corrected chi connectivity index (χ2v) is 2.87. The Bertz CT molecular complexity index is 349. The van der Waals surface area contributed by atoms with Crippen LogP contribution in [0.25, 0.3) is 4.85 Å². The Morgan fingerprint density at radius 2 is 2.07 bits per heavy atom. The third kappa shape index (κ3) is 3.28. The lowest BCUT2D eigenvalue weighted by atomic mass is 10.1. The van der Waals surface area contributed by atoms with Gasteiger partial charge in [0.1, 0.15) is 0 Å². The van der Waals surface area contributed by atoms with Crippen LogP contribution in [0, 0.1) is 6.57 Å². The van der Waals surface area contributed by atoms with E-state index in [9.17, 15) is 4.79 Å². The van der Waals surface area contributed by atoms with E-state index >= 15 is 0 Å². The maximum Gasteiger partial charge on any atom is 0.302 e. The molecule has 0 saturated heterocycles. The minimum atomic E-state index is -0.261. The molecule has 0 radical (unpaired) electrons. The second kappa shape index (κ2) is 5.03. The van der Waals surface area contributed by atoms with Crippen LogP contribution < -0.4 is 0 Å². The molecule has 14 heavy (non-hydrogen) atoms. The van der Waals surface area contributed by atoms with Crippen molar-refractivity contribution in [1.29, 1.82) is 0 Å². The third-order valence-electron chi connectivity index (χ3n) is 1.76. The van der Waals surface area contributed by atoms with Crippen LogP contribution >= 0.6 is 0 Å². The van der Waals surface area contributed by atoms with Crippen molar-refractivity contribution in [2.24, 2.45) is 0 Å². The molecule has 0 atom stereocenters. The number of hydrogen-bond acceptors (Lipinski definition) is 2. The van der Waals surface area contributed by atoms with E-state index in [1.54, 1.807) is 12.1 Å². The highest BCUT2D eigenvalue weighted by atomic mass is 16.5. The molecule has 1 aromatic rings. The smallest absolute Gasteiger partial charge is 0.302 e. The van der Waals surface area contributed by atoms with E-state index in [0.29, 0.717) is 18.7 Å². The van der Waals surface area contributed by atoms with Gasteiger partial charge in [0.2, 0.25) is 0 Å². The zero-order valence-electron chi connectivity index (χ0n) is 7.99. The molecule has 0 saturated carbocycles. The Morgan fingerprint density at radius 1 is 1.43 bits per heavy atom. The van der Waals surface area contributed by atoms with Gasteiger partial charge in [0.25, 0.3) is 0 Å². The summed E-state index contributed by atoms with van der Waals surface area (Å²) in [5, 5.41) is 0. The maximum absolute atomic E-state index is 10.5. The average Bonchev–Trinajstić information content (AvgIpc) is 2.18. The number of esters is 1. The number of nitrogens with zero attached hydrogens (tertiary/aromatic N) is 1. The summed E-state index contributed by atoms with van der Waals surface area (Å²) in [6.07, 6.45) is 0.692. The molecule has 0 aliphatic rings. The largest absolute Gasteiger partial charge is 0.466 e. The van der Waals surface area contributed by atoms with Crippen molar-refractivity contribution in [2.45, 2.75) is 13.3 Å². The standard InChI is InChI=1S/C11H11NO2/c1-9(13)14-8-7-10-3-5-11(12-2)6-4-10/h3-6H,7-8H2,1H3. The molecule has 1 aromatic carbocycles. The third-order valence-corrected chi connectivity index (χ3v) is 1.76. The summed E-state index contributed by atoms with van der Waals surface area (Å²) in [4.78, 5) is 13.8. The summed E-state index contributed by atoms with van der Waals surface area (Å²) >= 11 is 0. The fourth-order valence-corrected chi connectivity index (χ4v) is 1.05. The Balaban J connectivity index is 2.45. The zero-order valence-corrected chi connectivity index (χ0v) is 7.99. The van der Waals surface area contributed by atoms with E-state index < -0.39 is 0 Å². The van der Waals surface area contributed by atoms with Crippen LogP contribution in [0.2, 0.25) is 0 Å². The highest BCUT2D eigenvalue weighted by Crippen LogP contribution is 2.12. The van der Waals surface area contributed by atoms with Crippen LogP contribution in [0.3, 0.4) is 0 Å². The molecular formula is C11H11NO2. The number of hydrogen-bond donors (Lipinski definition) is 0. The molecule has 0 spiro atoms. The first kappa shape index (κ1) is 10.3. The van der Waals surface area contributed by atoms with Crippen molar-refractivity contribution in [2.75, 3.05) is 6.61 Å². The van der Waals surface area contributed by atoms with E-state index in [1.807, 2.05) is 12.1 Å². The molecule has 1 rings (SSSR count). The second-order valence-electron chi connectivity index (χ2n) is 2.87. The first-order valence-corrected chi connectivity index (χ1v) is 4.32. The number of carbonyl (C=O) groups is 1. The summed E-state index contributed by atoms with van der Waals surface area (Å²) < 4.78 is 4.80. The van der Waals surface area contributed by atoms with Crippen LogP contribution in [-0.4, -0.2) is 12.6 Å². The minimum absolute atomic E-state index is 0.261. The van der Waals surface area contributed by atoms with Gasteiger partial charge in [0.15, 0.2) is 5.69 Å². The van der Waals surface area contributed by atoms with Crippen molar-refractivity contribution < 1.29 is 9.53 Å². The van der Waals surface area contributed by atoms with Crippen LogP contribution in [0.15, 0.2) is 24.3 Å². The molecule has 0 fully saturated rings. The number of carbonyl (C=O) groups excluding carboxylic acids is 1. The van der Waals surface area contributed by atoms with Gasteiger partial charge in [-0.1, -0.05) is 24.3 Å². The van der Waals surface area contributed by atoms with Gasteiger partial charge in [0, 0.05) is 13.3 Å². The van der Waals surface area contributed by atoms with E-state index in [1.165, 1.54) is 6.92 Å². The molecule has 0 aliphatic carbocycles. The van der Waals surface area contributed by atoms with Gasteiger partial charge in [-0.25, -0.2) is 4.85 Å². The predicted octanol–water partition coefficient (Wildman–Crippen LogP) is 2.34. The van der Waals surface area contributed by atoms with E-state index in [-0.39, 0.29) is 5.97 Å². The normalized spacial score (nSPS) is 9.14. The van der Waals surface area contributed by atoms with Gasteiger partial charge >= 0.3 is 5.97 Å². The van der Waals surface area contributed by atoms with Crippen LogP contribution in [0.4, 0.5) is 5.69 Å². The lowest BCUT2D eigenvalue weighted by Gasteiger charge is -2.01. The van der Waals surface area contributed by atoms with Crippen LogP contribution in [0.1, 0.15) is 12.5 Å².